The van der Waals surface area contributed by atoms with Crippen molar-refractivity contribution < 1.29 is 14.7 Å². The summed E-state index contributed by atoms with van der Waals surface area (Å²) in [6.45, 7) is 3.85. The summed E-state index contributed by atoms with van der Waals surface area (Å²) in [7, 11) is 0. The van der Waals surface area contributed by atoms with Gasteiger partial charge in [-0.15, -0.1) is 0 Å². The van der Waals surface area contributed by atoms with Gasteiger partial charge in [-0.1, -0.05) is 6.07 Å². The molecule has 0 spiro atoms. The van der Waals surface area contributed by atoms with Crippen LogP contribution in [-0.4, -0.2) is 23.0 Å². The van der Waals surface area contributed by atoms with Crippen LogP contribution in [-0.2, 0) is 9.59 Å². The predicted molar refractivity (Wildman–Crippen MR) is 77.1 cm³/mol. The molecule has 1 aromatic rings. The number of benzene rings is 1. The summed E-state index contributed by atoms with van der Waals surface area (Å²) in [5.74, 6) is -1.34. The summed E-state index contributed by atoms with van der Waals surface area (Å²) in [6, 6.07) is 3.01. The van der Waals surface area contributed by atoms with E-state index in [1.54, 1.807) is 0 Å². The van der Waals surface area contributed by atoms with E-state index in [0.29, 0.717) is 5.69 Å². The first-order chi connectivity index (χ1) is 8.81. The highest BCUT2D eigenvalue weighted by Crippen LogP contribution is 2.27. The number of carboxylic acid groups (broad SMARTS) is 1. The number of aliphatic carboxylic acids is 1. The Morgan fingerprint density at radius 3 is 2.58 bits per heavy atom. The second kappa shape index (κ2) is 6.68. The molecule has 19 heavy (non-hydrogen) atoms. The normalized spacial score (nSPS) is 12.0. The fourth-order valence-electron chi connectivity index (χ4n) is 1.70. The van der Waals surface area contributed by atoms with Gasteiger partial charge in [0.05, 0.1) is 11.7 Å². The lowest BCUT2D eigenvalue weighted by Gasteiger charge is -2.15. The highest BCUT2D eigenvalue weighted by molar-refractivity contribution is 9.10. The molecule has 4 N–H and O–H groups in total. The Hall–Kier alpha value is -1.40. The Morgan fingerprint density at radius 1 is 1.42 bits per heavy atom. The zero-order valence-corrected chi connectivity index (χ0v) is 12.5. The van der Waals surface area contributed by atoms with Gasteiger partial charge < -0.3 is 16.2 Å². The Labute approximate surface area is 120 Å². The van der Waals surface area contributed by atoms with Crippen molar-refractivity contribution >= 4 is 33.5 Å². The van der Waals surface area contributed by atoms with Gasteiger partial charge in [-0.25, -0.2) is 0 Å². The van der Waals surface area contributed by atoms with Crippen LogP contribution in [0.4, 0.5) is 5.69 Å². The molecule has 1 aromatic carbocycles. The summed E-state index contributed by atoms with van der Waals surface area (Å²) in [5, 5.41) is 11.3. The minimum absolute atomic E-state index is 0.115. The number of carboxylic acids is 1. The fourth-order valence-corrected chi connectivity index (χ4v) is 2.47. The van der Waals surface area contributed by atoms with Crippen LogP contribution >= 0.6 is 15.9 Å². The maximum Gasteiger partial charge on any atom is 0.303 e. The molecule has 0 saturated heterocycles. The third kappa shape index (κ3) is 4.65. The Balaban J connectivity index is 2.74. The molecule has 1 atom stereocenters. The van der Waals surface area contributed by atoms with Crippen LogP contribution in [0, 0.1) is 13.8 Å². The number of nitrogens with two attached hydrogens (primary N) is 1. The number of amides is 1. The van der Waals surface area contributed by atoms with E-state index in [2.05, 4.69) is 21.2 Å². The number of halogens is 1. The Morgan fingerprint density at radius 2 is 2.05 bits per heavy atom. The lowest BCUT2D eigenvalue weighted by molar-refractivity contribution is -0.137. The van der Waals surface area contributed by atoms with Gasteiger partial charge in [-0.2, -0.15) is 0 Å². The summed E-state index contributed by atoms with van der Waals surface area (Å²) >= 11 is 3.39. The topological polar surface area (TPSA) is 92.4 Å². The molecular weight excluding hydrogens is 312 g/mol. The molecule has 0 aliphatic heterocycles. The molecule has 0 heterocycles. The van der Waals surface area contributed by atoms with E-state index in [4.69, 9.17) is 10.8 Å². The standard InChI is InChI=1S/C13H17BrN2O3/c1-7-5-8(2)12(9(14)6-7)16-13(19)10(15)3-4-11(17)18/h5-6,10H,3-4,15H2,1-2H3,(H,16,19)(H,17,18). The van der Waals surface area contributed by atoms with E-state index < -0.39 is 12.0 Å². The number of nitrogens with one attached hydrogen (secondary N) is 1. The number of hydrogen-bond acceptors (Lipinski definition) is 3. The second-order valence-electron chi connectivity index (χ2n) is 4.47. The minimum Gasteiger partial charge on any atom is -0.481 e. The lowest BCUT2D eigenvalue weighted by atomic mass is 10.1. The van der Waals surface area contributed by atoms with Crippen molar-refractivity contribution in [3.8, 4) is 0 Å². The monoisotopic (exact) mass is 328 g/mol. The Kier molecular flexibility index (Phi) is 5.50. The average Bonchev–Trinajstić information content (AvgIpc) is 2.30. The van der Waals surface area contributed by atoms with E-state index in [1.807, 2.05) is 26.0 Å². The summed E-state index contributed by atoms with van der Waals surface area (Å²) < 4.78 is 0.781. The molecule has 0 fully saturated rings. The molecule has 0 radical (unpaired) electrons. The molecule has 1 unspecified atom stereocenters. The molecule has 1 amide bonds. The number of hydrogen-bond donors (Lipinski definition) is 3. The number of rotatable bonds is 5. The molecule has 5 nitrogen and oxygen atoms in total. The first-order valence-electron chi connectivity index (χ1n) is 5.86. The maximum absolute atomic E-state index is 11.9. The minimum atomic E-state index is -0.962. The van der Waals surface area contributed by atoms with E-state index >= 15 is 0 Å². The maximum atomic E-state index is 11.9. The van der Waals surface area contributed by atoms with Crippen molar-refractivity contribution in [3.05, 3.63) is 27.7 Å². The summed E-state index contributed by atoms with van der Waals surface area (Å²) in [4.78, 5) is 22.3. The average molecular weight is 329 g/mol. The third-order valence-electron chi connectivity index (χ3n) is 2.69. The lowest BCUT2D eigenvalue weighted by Crippen LogP contribution is -2.36. The van der Waals surface area contributed by atoms with Crippen molar-refractivity contribution in [1.29, 1.82) is 0 Å². The van der Waals surface area contributed by atoms with Gasteiger partial charge in [0.15, 0.2) is 0 Å². The van der Waals surface area contributed by atoms with Crippen molar-refractivity contribution in [2.24, 2.45) is 5.73 Å². The van der Waals surface area contributed by atoms with Crippen LogP contribution in [0.25, 0.3) is 0 Å². The van der Waals surface area contributed by atoms with Crippen LogP contribution in [0.2, 0.25) is 0 Å². The van der Waals surface area contributed by atoms with Crippen molar-refractivity contribution in [3.63, 3.8) is 0 Å². The van der Waals surface area contributed by atoms with Gasteiger partial charge in [0.25, 0.3) is 0 Å². The van der Waals surface area contributed by atoms with Crippen molar-refractivity contribution in [2.75, 3.05) is 5.32 Å². The van der Waals surface area contributed by atoms with Crippen LogP contribution in [0.15, 0.2) is 16.6 Å². The Bertz CT molecular complexity index is 480. The van der Waals surface area contributed by atoms with E-state index in [0.717, 1.165) is 15.6 Å². The summed E-state index contributed by atoms with van der Waals surface area (Å²) in [6.07, 6.45) is -0.00761. The fraction of sp³-hybridized carbons (Fsp3) is 0.385. The highest BCUT2D eigenvalue weighted by atomic mass is 79.9. The molecule has 1 rings (SSSR count). The largest absolute Gasteiger partial charge is 0.481 e. The number of anilines is 1. The molecule has 0 bridgehead atoms. The predicted octanol–water partition coefficient (Wildman–Crippen LogP) is 2.20. The van der Waals surface area contributed by atoms with Crippen molar-refractivity contribution in [2.45, 2.75) is 32.7 Å². The third-order valence-corrected chi connectivity index (χ3v) is 3.31. The van der Waals surface area contributed by atoms with E-state index in [1.165, 1.54) is 0 Å². The first-order valence-corrected chi connectivity index (χ1v) is 6.65. The van der Waals surface area contributed by atoms with Gasteiger partial charge in [0, 0.05) is 10.9 Å². The molecule has 0 aliphatic carbocycles. The molecule has 0 aliphatic rings. The SMILES string of the molecule is Cc1cc(C)c(NC(=O)C(N)CCC(=O)O)c(Br)c1. The van der Waals surface area contributed by atoms with Crippen LogP contribution in [0.3, 0.4) is 0 Å². The quantitative estimate of drug-likeness (QED) is 0.772. The van der Waals surface area contributed by atoms with Crippen LogP contribution in [0.1, 0.15) is 24.0 Å². The van der Waals surface area contributed by atoms with Gasteiger partial charge in [-0.3, -0.25) is 9.59 Å². The zero-order valence-electron chi connectivity index (χ0n) is 10.9. The van der Waals surface area contributed by atoms with Crippen molar-refractivity contribution in [1.82, 2.24) is 0 Å². The van der Waals surface area contributed by atoms with E-state index in [-0.39, 0.29) is 18.7 Å². The zero-order chi connectivity index (χ0) is 14.6. The second-order valence-corrected chi connectivity index (χ2v) is 5.32. The van der Waals surface area contributed by atoms with Gasteiger partial charge in [0.2, 0.25) is 5.91 Å². The molecule has 0 aromatic heterocycles. The van der Waals surface area contributed by atoms with Crippen LogP contribution in [0.5, 0.6) is 0 Å². The number of aryl methyl sites for hydroxylation is 2. The van der Waals surface area contributed by atoms with Gasteiger partial charge in [-0.05, 0) is 53.4 Å². The van der Waals surface area contributed by atoms with Crippen LogP contribution < -0.4 is 11.1 Å². The molecule has 0 saturated carbocycles. The molecular formula is C13H17BrN2O3. The molecule has 6 heteroatoms. The highest BCUT2D eigenvalue weighted by Gasteiger charge is 2.17. The summed E-state index contributed by atoms with van der Waals surface area (Å²) in [5.41, 5.74) is 8.32. The number of carbonyl (C=O) groups excluding carboxylic acids is 1. The van der Waals surface area contributed by atoms with E-state index in [9.17, 15) is 9.59 Å². The van der Waals surface area contributed by atoms with Gasteiger partial charge >= 0.3 is 5.97 Å². The van der Waals surface area contributed by atoms with Gasteiger partial charge in [0.1, 0.15) is 0 Å². The molecule has 104 valence electrons. The first kappa shape index (κ1) is 15.7. The number of carbonyl (C=O) groups is 2. The smallest absolute Gasteiger partial charge is 0.303 e.